The monoisotopic (exact) mass is 231 g/mol. The smallest absolute Gasteiger partial charge is 0.0748 e. The SMILES string of the molecule is CC(C)(C)OC(C)(C)CCOC(C)(C)CN. The first-order valence-corrected chi connectivity index (χ1v) is 6.02. The van der Waals surface area contributed by atoms with Crippen molar-refractivity contribution < 1.29 is 9.47 Å². The highest BCUT2D eigenvalue weighted by atomic mass is 16.5. The number of nitrogens with two attached hydrogens (primary N) is 1. The van der Waals surface area contributed by atoms with Crippen LogP contribution in [-0.2, 0) is 9.47 Å². The molecule has 0 spiro atoms. The molecule has 0 aromatic carbocycles. The molecule has 0 saturated heterocycles. The van der Waals surface area contributed by atoms with E-state index in [9.17, 15) is 0 Å². The predicted molar refractivity (Wildman–Crippen MR) is 68.6 cm³/mol. The largest absolute Gasteiger partial charge is 0.374 e. The molecule has 0 heterocycles. The molecule has 0 saturated carbocycles. The Hall–Kier alpha value is -0.120. The van der Waals surface area contributed by atoms with Crippen LogP contribution in [0.25, 0.3) is 0 Å². The molecule has 0 aromatic rings. The van der Waals surface area contributed by atoms with Crippen LogP contribution in [0, 0.1) is 0 Å². The Labute approximate surface area is 101 Å². The summed E-state index contributed by atoms with van der Waals surface area (Å²) in [6.45, 7) is 15.6. The van der Waals surface area contributed by atoms with Gasteiger partial charge in [-0.15, -0.1) is 0 Å². The molecule has 0 aliphatic carbocycles. The topological polar surface area (TPSA) is 44.5 Å². The summed E-state index contributed by atoms with van der Waals surface area (Å²) in [7, 11) is 0. The van der Waals surface area contributed by atoms with Crippen molar-refractivity contribution in [1.29, 1.82) is 0 Å². The van der Waals surface area contributed by atoms with E-state index in [1.807, 2.05) is 13.8 Å². The van der Waals surface area contributed by atoms with E-state index in [1.54, 1.807) is 0 Å². The lowest BCUT2D eigenvalue weighted by Crippen LogP contribution is -2.38. The quantitative estimate of drug-likeness (QED) is 0.764. The fourth-order valence-corrected chi connectivity index (χ4v) is 1.51. The summed E-state index contributed by atoms with van der Waals surface area (Å²) in [4.78, 5) is 0. The standard InChI is InChI=1S/C13H29NO2/c1-11(2,3)16-12(4,5)8-9-15-13(6,7)10-14/h8-10,14H2,1-7H3. The predicted octanol–water partition coefficient (Wildman–Crippen LogP) is 2.72. The molecule has 0 aliphatic rings. The third-order valence-electron chi connectivity index (χ3n) is 2.27. The summed E-state index contributed by atoms with van der Waals surface area (Å²) in [6.07, 6.45) is 0.869. The van der Waals surface area contributed by atoms with E-state index in [4.69, 9.17) is 15.2 Å². The molecule has 0 atom stereocenters. The van der Waals surface area contributed by atoms with Gasteiger partial charge in [-0.1, -0.05) is 0 Å². The lowest BCUT2D eigenvalue weighted by atomic mass is 10.0. The van der Waals surface area contributed by atoms with Crippen molar-refractivity contribution in [3.8, 4) is 0 Å². The minimum absolute atomic E-state index is 0.118. The molecule has 98 valence electrons. The van der Waals surface area contributed by atoms with Crippen molar-refractivity contribution in [2.75, 3.05) is 13.2 Å². The van der Waals surface area contributed by atoms with Crippen LogP contribution >= 0.6 is 0 Å². The second-order valence-corrected chi connectivity index (χ2v) is 6.54. The average Bonchev–Trinajstić information content (AvgIpc) is 1.98. The third-order valence-corrected chi connectivity index (χ3v) is 2.27. The summed E-state index contributed by atoms with van der Waals surface area (Å²) < 4.78 is 11.7. The molecular weight excluding hydrogens is 202 g/mol. The molecule has 0 radical (unpaired) electrons. The van der Waals surface area contributed by atoms with Crippen LogP contribution in [-0.4, -0.2) is 30.0 Å². The minimum atomic E-state index is -0.238. The molecule has 0 aliphatic heterocycles. The van der Waals surface area contributed by atoms with E-state index in [1.165, 1.54) is 0 Å². The van der Waals surface area contributed by atoms with E-state index >= 15 is 0 Å². The molecular formula is C13H29NO2. The third kappa shape index (κ3) is 8.08. The Morgan fingerprint density at radius 1 is 0.875 bits per heavy atom. The van der Waals surface area contributed by atoms with E-state index < -0.39 is 0 Å². The van der Waals surface area contributed by atoms with Crippen LogP contribution in [0.3, 0.4) is 0 Å². The molecule has 0 bridgehead atoms. The summed E-state index contributed by atoms with van der Waals surface area (Å²) in [5, 5.41) is 0. The summed E-state index contributed by atoms with van der Waals surface area (Å²) in [5.74, 6) is 0. The lowest BCUT2D eigenvalue weighted by molar-refractivity contribution is -0.131. The summed E-state index contributed by atoms with van der Waals surface area (Å²) in [6, 6.07) is 0. The Balaban J connectivity index is 4.01. The van der Waals surface area contributed by atoms with Crippen molar-refractivity contribution in [3.63, 3.8) is 0 Å². The molecule has 0 unspecified atom stereocenters. The van der Waals surface area contributed by atoms with Crippen LogP contribution < -0.4 is 5.73 Å². The zero-order chi connectivity index (χ0) is 13.0. The van der Waals surface area contributed by atoms with E-state index in [2.05, 4.69) is 34.6 Å². The maximum atomic E-state index is 5.96. The fourth-order valence-electron chi connectivity index (χ4n) is 1.51. The Bertz CT molecular complexity index is 204. The van der Waals surface area contributed by atoms with Gasteiger partial charge in [0.25, 0.3) is 0 Å². The van der Waals surface area contributed by atoms with Gasteiger partial charge in [-0.3, -0.25) is 0 Å². The van der Waals surface area contributed by atoms with Crippen LogP contribution in [0.1, 0.15) is 54.9 Å². The van der Waals surface area contributed by atoms with Crippen molar-refractivity contribution in [3.05, 3.63) is 0 Å². The van der Waals surface area contributed by atoms with Crippen molar-refractivity contribution in [2.24, 2.45) is 5.73 Å². The summed E-state index contributed by atoms with van der Waals surface area (Å²) in [5.41, 5.74) is 5.08. The highest BCUT2D eigenvalue weighted by Crippen LogP contribution is 2.23. The van der Waals surface area contributed by atoms with Gasteiger partial charge < -0.3 is 15.2 Å². The zero-order valence-electron chi connectivity index (χ0n) is 12.0. The minimum Gasteiger partial charge on any atom is -0.374 e. The van der Waals surface area contributed by atoms with Crippen LogP contribution in [0.4, 0.5) is 0 Å². The van der Waals surface area contributed by atoms with E-state index in [-0.39, 0.29) is 16.8 Å². The van der Waals surface area contributed by atoms with Gasteiger partial charge >= 0.3 is 0 Å². The highest BCUT2D eigenvalue weighted by Gasteiger charge is 2.26. The number of hydrogen-bond acceptors (Lipinski definition) is 3. The van der Waals surface area contributed by atoms with Gasteiger partial charge in [0.05, 0.1) is 23.4 Å². The second kappa shape index (κ2) is 5.48. The highest BCUT2D eigenvalue weighted by molar-refractivity contribution is 4.75. The van der Waals surface area contributed by atoms with Crippen molar-refractivity contribution in [1.82, 2.24) is 0 Å². The Kier molecular flexibility index (Phi) is 5.44. The Morgan fingerprint density at radius 2 is 1.38 bits per heavy atom. The average molecular weight is 231 g/mol. The van der Waals surface area contributed by atoms with Crippen LogP contribution in [0.15, 0.2) is 0 Å². The number of rotatable bonds is 6. The molecule has 0 fully saturated rings. The first kappa shape index (κ1) is 15.9. The van der Waals surface area contributed by atoms with Gasteiger partial charge in [-0.25, -0.2) is 0 Å². The van der Waals surface area contributed by atoms with E-state index in [0.717, 1.165) is 6.42 Å². The summed E-state index contributed by atoms with van der Waals surface area (Å²) >= 11 is 0. The van der Waals surface area contributed by atoms with Crippen molar-refractivity contribution >= 4 is 0 Å². The molecule has 0 rings (SSSR count). The first-order valence-electron chi connectivity index (χ1n) is 6.02. The van der Waals surface area contributed by atoms with Gasteiger partial charge in [0, 0.05) is 6.54 Å². The maximum absolute atomic E-state index is 5.96. The maximum Gasteiger partial charge on any atom is 0.0748 e. The second-order valence-electron chi connectivity index (χ2n) is 6.54. The zero-order valence-corrected chi connectivity index (χ0v) is 12.0. The van der Waals surface area contributed by atoms with Gasteiger partial charge in [-0.2, -0.15) is 0 Å². The van der Waals surface area contributed by atoms with Gasteiger partial charge in [0.15, 0.2) is 0 Å². The number of ether oxygens (including phenoxy) is 2. The van der Waals surface area contributed by atoms with Gasteiger partial charge in [0.2, 0.25) is 0 Å². The van der Waals surface area contributed by atoms with Crippen LogP contribution in [0.2, 0.25) is 0 Å². The first-order chi connectivity index (χ1) is 6.97. The number of hydrogen-bond donors (Lipinski definition) is 1. The Morgan fingerprint density at radius 3 is 1.75 bits per heavy atom. The molecule has 0 amide bonds. The molecule has 3 heteroatoms. The normalized spacial score (nSPS) is 14.2. The van der Waals surface area contributed by atoms with Gasteiger partial charge in [-0.05, 0) is 54.9 Å². The molecule has 2 N–H and O–H groups in total. The molecule has 3 nitrogen and oxygen atoms in total. The fraction of sp³-hybridized carbons (Fsp3) is 1.00. The lowest BCUT2D eigenvalue weighted by Gasteiger charge is -2.34. The van der Waals surface area contributed by atoms with Crippen molar-refractivity contribution in [2.45, 2.75) is 71.7 Å². The van der Waals surface area contributed by atoms with Gasteiger partial charge in [0.1, 0.15) is 0 Å². The van der Waals surface area contributed by atoms with E-state index in [0.29, 0.717) is 13.2 Å². The molecule has 16 heavy (non-hydrogen) atoms. The van der Waals surface area contributed by atoms with Crippen LogP contribution in [0.5, 0.6) is 0 Å². The molecule has 0 aromatic heterocycles.